The van der Waals surface area contributed by atoms with Crippen LogP contribution in [0.1, 0.15) is 23.8 Å². The van der Waals surface area contributed by atoms with E-state index in [2.05, 4.69) is 0 Å². The molecule has 3 nitrogen and oxygen atoms in total. The summed E-state index contributed by atoms with van der Waals surface area (Å²) in [4.78, 5) is 0.745. The van der Waals surface area contributed by atoms with E-state index in [-0.39, 0.29) is 11.6 Å². The zero-order valence-corrected chi connectivity index (χ0v) is 12.1. The third-order valence-corrected chi connectivity index (χ3v) is 5.05. The Morgan fingerprint density at radius 2 is 2.11 bits per heavy atom. The van der Waals surface area contributed by atoms with Crippen LogP contribution in [0.3, 0.4) is 0 Å². The van der Waals surface area contributed by atoms with Crippen LogP contribution in [0, 0.1) is 5.82 Å². The van der Waals surface area contributed by atoms with Gasteiger partial charge < -0.3 is 5.11 Å². The first kappa shape index (κ1) is 14.4. The van der Waals surface area contributed by atoms with Gasteiger partial charge >= 0.3 is 0 Å². The van der Waals surface area contributed by atoms with Crippen molar-refractivity contribution in [2.45, 2.75) is 18.9 Å². The van der Waals surface area contributed by atoms with Crippen LogP contribution in [0.5, 0.6) is 0 Å². The number of halogens is 1. The molecule has 0 saturated carbocycles. The summed E-state index contributed by atoms with van der Waals surface area (Å²) in [5.41, 5.74) is 0. The fourth-order valence-electron chi connectivity index (χ4n) is 1.87. The fourth-order valence-corrected chi connectivity index (χ4v) is 3.67. The van der Waals surface area contributed by atoms with Crippen LogP contribution in [-0.2, 0) is 9.84 Å². The van der Waals surface area contributed by atoms with E-state index in [1.807, 2.05) is 6.07 Å². The van der Waals surface area contributed by atoms with Gasteiger partial charge in [-0.2, -0.15) is 0 Å². The van der Waals surface area contributed by atoms with Gasteiger partial charge in [0.15, 0.2) is 0 Å². The highest BCUT2D eigenvalue weighted by atomic mass is 32.2. The molecule has 6 heteroatoms. The minimum atomic E-state index is -2.99. The number of benzene rings is 1. The minimum absolute atomic E-state index is 0.0730. The number of aliphatic hydroxyl groups excluding tert-OH is 1. The molecule has 0 bridgehead atoms. The molecule has 0 aliphatic rings. The predicted molar refractivity (Wildman–Crippen MR) is 75.7 cm³/mol. The molecule has 0 aliphatic carbocycles. The van der Waals surface area contributed by atoms with Crippen molar-refractivity contribution in [2.24, 2.45) is 0 Å². The molecule has 1 atom stereocenters. The normalized spacial score (nSPS) is 13.8. The van der Waals surface area contributed by atoms with Crippen LogP contribution in [0.15, 0.2) is 24.3 Å². The van der Waals surface area contributed by atoms with Crippen LogP contribution in [0.2, 0.25) is 0 Å². The SMILES string of the molecule is CS(=O)(=O)CCCC(O)c1cc2ccc(F)cc2s1. The van der Waals surface area contributed by atoms with E-state index in [0.717, 1.165) is 15.0 Å². The molecule has 19 heavy (non-hydrogen) atoms. The Labute approximate surface area is 115 Å². The summed E-state index contributed by atoms with van der Waals surface area (Å²) in [5, 5.41) is 10.9. The van der Waals surface area contributed by atoms with Gasteiger partial charge in [0, 0.05) is 21.6 Å². The number of thiophene rings is 1. The Morgan fingerprint density at radius 1 is 1.37 bits per heavy atom. The highest BCUT2D eigenvalue weighted by molar-refractivity contribution is 7.90. The van der Waals surface area contributed by atoms with Crippen LogP contribution in [0.4, 0.5) is 4.39 Å². The second kappa shape index (κ2) is 5.56. The lowest BCUT2D eigenvalue weighted by molar-refractivity contribution is 0.170. The Bertz CT molecular complexity index is 676. The highest BCUT2D eigenvalue weighted by Crippen LogP contribution is 2.32. The molecule has 2 rings (SSSR count). The molecule has 1 heterocycles. The maximum atomic E-state index is 13.1. The summed E-state index contributed by atoms with van der Waals surface area (Å²) in [6.07, 6.45) is 1.30. The van der Waals surface area contributed by atoms with E-state index in [9.17, 15) is 17.9 Å². The van der Waals surface area contributed by atoms with E-state index in [4.69, 9.17) is 0 Å². The molecule has 1 N–H and O–H groups in total. The molecule has 0 aliphatic heterocycles. The van der Waals surface area contributed by atoms with Gasteiger partial charge in [-0.15, -0.1) is 11.3 Å². The van der Waals surface area contributed by atoms with Gasteiger partial charge in [0.1, 0.15) is 15.7 Å². The number of rotatable bonds is 5. The van der Waals surface area contributed by atoms with Gasteiger partial charge in [0.25, 0.3) is 0 Å². The molecule has 2 aromatic rings. The van der Waals surface area contributed by atoms with Crippen molar-refractivity contribution in [3.8, 4) is 0 Å². The zero-order chi connectivity index (χ0) is 14.0. The predicted octanol–water partition coefficient (Wildman–Crippen LogP) is 2.90. The third-order valence-electron chi connectivity index (χ3n) is 2.82. The van der Waals surface area contributed by atoms with Crippen molar-refractivity contribution in [3.05, 3.63) is 35.0 Å². The van der Waals surface area contributed by atoms with Crippen LogP contribution in [0.25, 0.3) is 10.1 Å². The molecular formula is C13H15FO3S2. The van der Waals surface area contributed by atoms with E-state index < -0.39 is 15.9 Å². The van der Waals surface area contributed by atoms with Crippen LogP contribution < -0.4 is 0 Å². The lowest BCUT2D eigenvalue weighted by Crippen LogP contribution is -2.05. The summed E-state index contributed by atoms with van der Waals surface area (Å²) in [5.74, 6) is -0.226. The topological polar surface area (TPSA) is 54.4 Å². The van der Waals surface area contributed by atoms with E-state index in [1.54, 1.807) is 6.07 Å². The number of hydrogen-bond acceptors (Lipinski definition) is 4. The second-order valence-electron chi connectivity index (χ2n) is 4.62. The lowest BCUT2D eigenvalue weighted by Gasteiger charge is -2.07. The first-order chi connectivity index (χ1) is 8.85. The van der Waals surface area contributed by atoms with Gasteiger partial charge in [0.05, 0.1) is 6.10 Å². The van der Waals surface area contributed by atoms with Crippen molar-refractivity contribution >= 4 is 31.3 Å². The number of fused-ring (bicyclic) bond motifs is 1. The van der Waals surface area contributed by atoms with Crippen molar-refractivity contribution in [1.82, 2.24) is 0 Å². The van der Waals surface area contributed by atoms with Crippen LogP contribution >= 0.6 is 11.3 Å². The summed E-state index contributed by atoms with van der Waals surface area (Å²) in [6, 6.07) is 6.32. The van der Waals surface area contributed by atoms with E-state index >= 15 is 0 Å². The summed E-state index contributed by atoms with van der Waals surface area (Å²) < 4.78 is 35.9. The van der Waals surface area contributed by atoms with Gasteiger partial charge in [-0.3, -0.25) is 0 Å². The Balaban J connectivity index is 2.07. The summed E-state index contributed by atoms with van der Waals surface area (Å²) in [6.45, 7) is 0. The largest absolute Gasteiger partial charge is 0.388 e. The zero-order valence-electron chi connectivity index (χ0n) is 10.5. The van der Waals surface area contributed by atoms with E-state index in [0.29, 0.717) is 12.8 Å². The third kappa shape index (κ3) is 3.99. The fraction of sp³-hybridized carbons (Fsp3) is 0.385. The molecular weight excluding hydrogens is 287 g/mol. The Morgan fingerprint density at radius 3 is 2.79 bits per heavy atom. The molecule has 0 radical (unpaired) electrons. The Hall–Kier alpha value is -0.980. The molecule has 0 spiro atoms. The standard InChI is InChI=1S/C13H15FO3S2/c1-19(16,17)6-2-3-11(15)13-7-9-4-5-10(14)8-12(9)18-13/h4-5,7-8,11,15H,2-3,6H2,1H3. The number of aliphatic hydroxyl groups is 1. The van der Waals surface area contributed by atoms with Gasteiger partial charge in [-0.1, -0.05) is 6.07 Å². The van der Waals surface area contributed by atoms with E-state index in [1.165, 1.54) is 29.7 Å². The van der Waals surface area contributed by atoms with Crippen LogP contribution in [-0.4, -0.2) is 25.5 Å². The maximum Gasteiger partial charge on any atom is 0.147 e. The molecule has 0 fully saturated rings. The van der Waals surface area contributed by atoms with Crippen molar-refractivity contribution in [3.63, 3.8) is 0 Å². The molecule has 104 valence electrons. The smallest absolute Gasteiger partial charge is 0.147 e. The highest BCUT2D eigenvalue weighted by Gasteiger charge is 2.13. The van der Waals surface area contributed by atoms with Crippen molar-refractivity contribution in [2.75, 3.05) is 12.0 Å². The summed E-state index contributed by atoms with van der Waals surface area (Å²) >= 11 is 1.34. The first-order valence-electron chi connectivity index (χ1n) is 5.90. The second-order valence-corrected chi connectivity index (χ2v) is 7.99. The summed E-state index contributed by atoms with van der Waals surface area (Å²) in [7, 11) is -2.99. The van der Waals surface area contributed by atoms with Gasteiger partial charge in [-0.05, 0) is 36.4 Å². The molecule has 1 aromatic carbocycles. The average Bonchev–Trinajstić information content (AvgIpc) is 2.70. The average molecular weight is 302 g/mol. The molecule has 0 saturated heterocycles. The molecule has 1 unspecified atom stereocenters. The van der Waals surface area contributed by atoms with Gasteiger partial charge in [-0.25, -0.2) is 12.8 Å². The quantitative estimate of drug-likeness (QED) is 0.924. The molecule has 1 aromatic heterocycles. The monoisotopic (exact) mass is 302 g/mol. The van der Waals surface area contributed by atoms with Gasteiger partial charge in [0.2, 0.25) is 0 Å². The maximum absolute atomic E-state index is 13.1. The number of sulfone groups is 1. The number of hydrogen-bond donors (Lipinski definition) is 1. The Kier molecular flexibility index (Phi) is 4.23. The first-order valence-corrected chi connectivity index (χ1v) is 8.78. The molecule has 0 amide bonds. The minimum Gasteiger partial charge on any atom is -0.388 e. The lowest BCUT2D eigenvalue weighted by atomic mass is 10.1. The van der Waals surface area contributed by atoms with Crippen molar-refractivity contribution < 1.29 is 17.9 Å². The van der Waals surface area contributed by atoms with Crippen molar-refractivity contribution in [1.29, 1.82) is 0 Å².